The number of hydrogen-bond donors (Lipinski definition) is 2. The number of nitrogens with one attached hydrogen (secondary N) is 1. The van der Waals surface area contributed by atoms with E-state index in [2.05, 4.69) is 22.7 Å². The smallest absolute Gasteiger partial charge is 0.288 e. The van der Waals surface area contributed by atoms with Crippen LogP contribution >= 0.6 is 35.4 Å². The molecule has 0 saturated heterocycles. The van der Waals surface area contributed by atoms with Gasteiger partial charge < -0.3 is 5.73 Å². The van der Waals surface area contributed by atoms with E-state index in [1.165, 1.54) is 18.3 Å². The van der Waals surface area contributed by atoms with Crippen molar-refractivity contribution in [2.75, 3.05) is 0 Å². The number of nitrogens with zero attached hydrogens (tertiary/aromatic N) is 2. The average molecular weight is 293 g/mol. The number of halogens is 2. The molecular weight excluding hydrogens is 287 g/mol. The number of benzene rings is 1. The van der Waals surface area contributed by atoms with E-state index in [0.29, 0.717) is 0 Å². The van der Waals surface area contributed by atoms with Gasteiger partial charge in [-0.15, -0.1) is 0 Å². The van der Waals surface area contributed by atoms with Crippen LogP contribution in [0.4, 0.5) is 5.69 Å². The van der Waals surface area contributed by atoms with Gasteiger partial charge in [-0.2, -0.15) is 5.10 Å². The summed E-state index contributed by atoms with van der Waals surface area (Å²) in [4.78, 5) is 10.0. The molecule has 0 heterocycles. The third-order valence-corrected chi connectivity index (χ3v) is 2.49. The summed E-state index contributed by atoms with van der Waals surface area (Å²) in [5, 5.41) is 14.4. The molecule has 0 amide bonds. The Hall–Kier alpha value is -1.44. The lowest BCUT2D eigenvalue weighted by atomic mass is 10.2. The number of nitro benzene ring substituents is 1. The molecule has 3 N–H and O–H groups in total. The minimum atomic E-state index is -0.614. The third kappa shape index (κ3) is 3.52. The van der Waals surface area contributed by atoms with Crippen molar-refractivity contribution in [3.8, 4) is 0 Å². The molecule has 0 radical (unpaired) electrons. The maximum atomic E-state index is 10.6. The lowest BCUT2D eigenvalue weighted by molar-refractivity contribution is -0.384. The normalized spacial score (nSPS) is 10.5. The highest BCUT2D eigenvalue weighted by Gasteiger charge is 2.17. The summed E-state index contributed by atoms with van der Waals surface area (Å²) in [6, 6.07) is 2.57. The van der Waals surface area contributed by atoms with Gasteiger partial charge in [0, 0.05) is 11.6 Å². The van der Waals surface area contributed by atoms with Crippen LogP contribution < -0.4 is 11.2 Å². The number of rotatable bonds is 3. The summed E-state index contributed by atoms with van der Waals surface area (Å²) in [6.07, 6.45) is 1.21. The van der Waals surface area contributed by atoms with Gasteiger partial charge in [0.05, 0.1) is 16.2 Å². The van der Waals surface area contributed by atoms with E-state index < -0.39 is 4.92 Å². The van der Waals surface area contributed by atoms with Crippen molar-refractivity contribution in [1.29, 1.82) is 0 Å². The number of nitro groups is 1. The monoisotopic (exact) mass is 292 g/mol. The van der Waals surface area contributed by atoms with Gasteiger partial charge in [0.2, 0.25) is 0 Å². The van der Waals surface area contributed by atoms with Crippen molar-refractivity contribution in [2.24, 2.45) is 10.8 Å². The van der Waals surface area contributed by atoms with E-state index >= 15 is 0 Å². The van der Waals surface area contributed by atoms with Crippen LogP contribution in [0, 0.1) is 10.1 Å². The summed E-state index contributed by atoms with van der Waals surface area (Å²) in [6.45, 7) is 0. The third-order valence-electron chi connectivity index (χ3n) is 1.67. The first-order chi connectivity index (χ1) is 7.93. The summed E-state index contributed by atoms with van der Waals surface area (Å²) in [5.74, 6) is 0. The molecule has 90 valence electrons. The zero-order valence-electron chi connectivity index (χ0n) is 8.18. The molecule has 0 unspecified atom stereocenters. The molecule has 0 aliphatic rings. The molecule has 0 aliphatic heterocycles. The molecule has 0 spiro atoms. The Morgan fingerprint density at radius 2 is 2.24 bits per heavy atom. The fourth-order valence-electron chi connectivity index (χ4n) is 0.978. The Bertz CT molecular complexity index is 507. The summed E-state index contributed by atoms with van der Waals surface area (Å²) >= 11 is 16.2. The number of thiocarbonyl (C=S) groups is 1. The van der Waals surface area contributed by atoms with Gasteiger partial charge in [0.25, 0.3) is 5.69 Å². The summed E-state index contributed by atoms with van der Waals surface area (Å²) in [5.41, 5.74) is 7.39. The molecule has 17 heavy (non-hydrogen) atoms. The van der Waals surface area contributed by atoms with Crippen molar-refractivity contribution in [1.82, 2.24) is 5.43 Å². The maximum absolute atomic E-state index is 10.6. The molecule has 1 aromatic carbocycles. The molecular formula is C8H6Cl2N4O2S. The molecule has 0 fully saturated rings. The van der Waals surface area contributed by atoms with E-state index in [-0.39, 0.29) is 26.4 Å². The Morgan fingerprint density at radius 1 is 1.59 bits per heavy atom. The molecule has 0 saturated carbocycles. The first-order valence-electron chi connectivity index (χ1n) is 4.14. The van der Waals surface area contributed by atoms with Crippen LogP contribution in [0.1, 0.15) is 5.56 Å². The van der Waals surface area contributed by atoms with Gasteiger partial charge >= 0.3 is 0 Å². The largest absolute Gasteiger partial charge is 0.375 e. The lowest BCUT2D eigenvalue weighted by Crippen LogP contribution is -2.24. The molecule has 1 aromatic rings. The molecule has 0 bridgehead atoms. The first kappa shape index (κ1) is 13.6. The average Bonchev–Trinajstić information content (AvgIpc) is 2.21. The van der Waals surface area contributed by atoms with E-state index in [9.17, 15) is 10.1 Å². The van der Waals surface area contributed by atoms with Gasteiger partial charge in [-0.25, -0.2) is 0 Å². The van der Waals surface area contributed by atoms with Gasteiger partial charge in [-0.3, -0.25) is 15.5 Å². The molecule has 0 atom stereocenters. The molecule has 0 aromatic heterocycles. The summed E-state index contributed by atoms with van der Waals surface area (Å²) < 4.78 is 0. The Balaban J connectivity index is 3.14. The van der Waals surface area contributed by atoms with Crippen LogP contribution in [0.25, 0.3) is 0 Å². The predicted molar refractivity (Wildman–Crippen MR) is 70.6 cm³/mol. The van der Waals surface area contributed by atoms with Crippen molar-refractivity contribution in [2.45, 2.75) is 0 Å². The fourth-order valence-corrected chi connectivity index (χ4v) is 1.57. The van der Waals surface area contributed by atoms with E-state index in [4.69, 9.17) is 28.9 Å². The molecule has 6 nitrogen and oxygen atoms in total. The summed E-state index contributed by atoms with van der Waals surface area (Å²) in [7, 11) is 0. The van der Waals surface area contributed by atoms with Gasteiger partial charge in [0.1, 0.15) is 5.02 Å². The highest BCUT2D eigenvalue weighted by Crippen LogP contribution is 2.31. The number of hydrazone groups is 1. The highest BCUT2D eigenvalue weighted by atomic mass is 35.5. The highest BCUT2D eigenvalue weighted by molar-refractivity contribution is 7.80. The van der Waals surface area contributed by atoms with E-state index in [0.717, 1.165) is 0 Å². The fraction of sp³-hybridized carbons (Fsp3) is 0. The van der Waals surface area contributed by atoms with Gasteiger partial charge in [-0.1, -0.05) is 23.2 Å². The van der Waals surface area contributed by atoms with Crippen LogP contribution in [0.3, 0.4) is 0 Å². The van der Waals surface area contributed by atoms with Crippen molar-refractivity contribution < 1.29 is 4.92 Å². The first-order valence-corrected chi connectivity index (χ1v) is 5.30. The van der Waals surface area contributed by atoms with Crippen molar-refractivity contribution in [3.63, 3.8) is 0 Å². The predicted octanol–water partition coefficient (Wildman–Crippen LogP) is 2.07. The quantitative estimate of drug-likeness (QED) is 0.385. The second kappa shape index (κ2) is 5.76. The molecule has 9 heteroatoms. The lowest BCUT2D eigenvalue weighted by Gasteiger charge is -2.02. The number of hydrogen-bond acceptors (Lipinski definition) is 4. The minimum absolute atomic E-state index is 0.0427. The van der Waals surface area contributed by atoms with E-state index in [1.54, 1.807) is 0 Å². The minimum Gasteiger partial charge on any atom is -0.375 e. The second-order valence-electron chi connectivity index (χ2n) is 2.79. The zero-order valence-corrected chi connectivity index (χ0v) is 10.5. The maximum Gasteiger partial charge on any atom is 0.288 e. The molecule has 0 aliphatic carbocycles. The second-order valence-corrected chi connectivity index (χ2v) is 4.01. The zero-order chi connectivity index (χ0) is 13.0. The standard InChI is InChI=1S/C8H6Cl2N4O2S/c9-5-1-2-6(14(15)16)7(10)4(5)3-12-13-8(11)17/h1-3H,(H3,11,13,17)/b12-3-. The van der Waals surface area contributed by atoms with Crippen molar-refractivity contribution in [3.05, 3.63) is 37.9 Å². The van der Waals surface area contributed by atoms with E-state index in [1.807, 2.05) is 0 Å². The van der Waals surface area contributed by atoms with Crippen LogP contribution in [0.5, 0.6) is 0 Å². The Morgan fingerprint density at radius 3 is 2.76 bits per heavy atom. The van der Waals surface area contributed by atoms with Gasteiger partial charge in [0.15, 0.2) is 5.11 Å². The van der Waals surface area contributed by atoms with Crippen LogP contribution in [0.15, 0.2) is 17.2 Å². The van der Waals surface area contributed by atoms with Crippen LogP contribution in [-0.2, 0) is 0 Å². The SMILES string of the molecule is NC(=S)N/N=C\c1c(Cl)ccc([N+](=O)[O-])c1Cl. The van der Waals surface area contributed by atoms with Crippen LogP contribution in [-0.4, -0.2) is 16.3 Å². The van der Waals surface area contributed by atoms with Gasteiger partial charge in [-0.05, 0) is 18.3 Å². The number of nitrogens with two attached hydrogens (primary N) is 1. The molecule has 1 rings (SSSR count). The topological polar surface area (TPSA) is 93.5 Å². The van der Waals surface area contributed by atoms with Crippen molar-refractivity contribution >= 4 is 52.4 Å². The Kier molecular flexibility index (Phi) is 4.62. The Labute approximate surface area is 112 Å². The van der Waals surface area contributed by atoms with Crippen LogP contribution in [0.2, 0.25) is 10.0 Å².